The number of nitrogens with zero attached hydrogens (tertiary/aromatic N) is 3. The molecule has 0 spiro atoms. The Labute approximate surface area is 156 Å². The van der Waals surface area contributed by atoms with Gasteiger partial charge in [0.2, 0.25) is 11.7 Å². The van der Waals surface area contributed by atoms with Crippen molar-refractivity contribution in [2.75, 3.05) is 20.3 Å². The summed E-state index contributed by atoms with van der Waals surface area (Å²) in [6, 6.07) is 1.61. The fourth-order valence-corrected chi connectivity index (χ4v) is 2.72. The summed E-state index contributed by atoms with van der Waals surface area (Å²) in [6.07, 6.45) is 7.38. The van der Waals surface area contributed by atoms with Crippen molar-refractivity contribution in [3.63, 3.8) is 0 Å². The Morgan fingerprint density at radius 1 is 1.26 bits per heavy atom. The lowest BCUT2D eigenvalue weighted by atomic mass is 9.98. The Bertz CT molecular complexity index is 872. The molecule has 0 saturated heterocycles. The molecule has 2 aromatic heterocycles. The highest BCUT2D eigenvalue weighted by atomic mass is 16.5. The second kappa shape index (κ2) is 8.48. The maximum atomic E-state index is 11.7. The predicted octanol–water partition coefficient (Wildman–Crippen LogP) is 3.25. The molecular formula is C19H21N3O5. The van der Waals surface area contributed by atoms with E-state index in [9.17, 15) is 4.79 Å². The monoisotopic (exact) mass is 371 g/mol. The summed E-state index contributed by atoms with van der Waals surface area (Å²) in [5, 5.41) is 4.01. The molecule has 8 nitrogen and oxygen atoms in total. The Balaban J connectivity index is 1.81. The van der Waals surface area contributed by atoms with Crippen LogP contribution in [0.2, 0.25) is 0 Å². The third-order valence-corrected chi connectivity index (χ3v) is 3.95. The summed E-state index contributed by atoms with van der Waals surface area (Å²) in [6.45, 7) is 4.97. The quantitative estimate of drug-likeness (QED) is 0.684. The van der Waals surface area contributed by atoms with Crippen LogP contribution in [0.4, 0.5) is 0 Å². The lowest BCUT2D eigenvalue weighted by Gasteiger charge is -2.20. The highest BCUT2D eigenvalue weighted by Gasteiger charge is 2.25. The van der Waals surface area contributed by atoms with Crippen LogP contribution < -0.4 is 0 Å². The molecule has 0 N–H and O–H groups in total. The highest BCUT2D eigenvalue weighted by Crippen LogP contribution is 2.32. The second-order valence-corrected chi connectivity index (χ2v) is 5.73. The van der Waals surface area contributed by atoms with E-state index in [1.54, 1.807) is 12.3 Å². The van der Waals surface area contributed by atoms with Gasteiger partial charge in [-0.15, -0.1) is 0 Å². The lowest BCUT2D eigenvalue weighted by molar-refractivity contribution is 0.0600. The Morgan fingerprint density at radius 2 is 2.07 bits per heavy atom. The molecule has 0 fully saturated rings. The van der Waals surface area contributed by atoms with Gasteiger partial charge in [-0.05, 0) is 26.0 Å². The molecule has 0 radical (unpaired) electrons. The topological polar surface area (TPSA) is 96.6 Å². The maximum Gasteiger partial charge on any atom is 0.339 e. The molecule has 0 bridgehead atoms. The molecule has 3 rings (SSSR count). The summed E-state index contributed by atoms with van der Waals surface area (Å²) >= 11 is 0. The van der Waals surface area contributed by atoms with Gasteiger partial charge in [0.05, 0.1) is 31.8 Å². The number of allylic oxidation sites excluding steroid dienone is 3. The van der Waals surface area contributed by atoms with Crippen molar-refractivity contribution in [1.82, 2.24) is 15.1 Å². The molecule has 1 aliphatic carbocycles. The van der Waals surface area contributed by atoms with Crippen LogP contribution in [0, 0.1) is 0 Å². The summed E-state index contributed by atoms with van der Waals surface area (Å²) in [5.74, 6) is 1.71. The van der Waals surface area contributed by atoms with Gasteiger partial charge in [-0.25, -0.2) is 4.79 Å². The van der Waals surface area contributed by atoms with Gasteiger partial charge in [0, 0.05) is 24.4 Å². The van der Waals surface area contributed by atoms with Gasteiger partial charge in [0.15, 0.2) is 5.76 Å². The van der Waals surface area contributed by atoms with Crippen molar-refractivity contribution in [1.29, 1.82) is 0 Å². The van der Waals surface area contributed by atoms with E-state index < -0.39 is 5.97 Å². The molecule has 1 atom stereocenters. The van der Waals surface area contributed by atoms with Crippen molar-refractivity contribution < 1.29 is 23.5 Å². The van der Waals surface area contributed by atoms with E-state index in [-0.39, 0.29) is 5.92 Å². The Kier molecular flexibility index (Phi) is 5.85. The number of hydrogen-bond donors (Lipinski definition) is 0. The number of pyridine rings is 1. The number of methoxy groups -OCH3 is 1. The first-order chi connectivity index (χ1) is 13.2. The van der Waals surface area contributed by atoms with Gasteiger partial charge in [0.25, 0.3) is 0 Å². The molecule has 27 heavy (non-hydrogen) atoms. The fraction of sp³-hybridized carbons (Fsp3) is 0.368. The number of esters is 1. The summed E-state index contributed by atoms with van der Waals surface area (Å²) in [7, 11) is 1.32. The van der Waals surface area contributed by atoms with Crippen LogP contribution in [-0.4, -0.2) is 41.4 Å². The van der Waals surface area contributed by atoms with Crippen LogP contribution in [0.1, 0.15) is 42.4 Å². The second-order valence-electron chi connectivity index (χ2n) is 5.73. The van der Waals surface area contributed by atoms with Crippen molar-refractivity contribution in [3.8, 4) is 11.4 Å². The van der Waals surface area contributed by atoms with Gasteiger partial charge in [-0.3, -0.25) is 4.98 Å². The van der Waals surface area contributed by atoms with Crippen LogP contribution in [-0.2, 0) is 14.2 Å². The zero-order valence-electron chi connectivity index (χ0n) is 15.5. The molecule has 0 amide bonds. The molecule has 2 heterocycles. The zero-order chi connectivity index (χ0) is 19.2. The Hall–Kier alpha value is -3.16. The number of carbonyl (C=O) groups excluding carboxylic acids is 1. The smallest absolute Gasteiger partial charge is 0.339 e. The van der Waals surface area contributed by atoms with Crippen LogP contribution >= 0.6 is 0 Å². The average Bonchev–Trinajstić information content (AvgIpc) is 3.19. The molecule has 1 unspecified atom stereocenters. The summed E-state index contributed by atoms with van der Waals surface area (Å²) in [4.78, 5) is 20.2. The SMILES string of the molecule is CCOC1=C(OCC)CC(c2nc(-c3cncc(C(=O)OC)c3)no2)C=C1. The number of hydrogen-bond acceptors (Lipinski definition) is 8. The number of rotatable bonds is 7. The minimum atomic E-state index is -0.474. The van der Waals surface area contributed by atoms with Crippen molar-refractivity contribution in [3.05, 3.63) is 53.6 Å². The van der Waals surface area contributed by atoms with Crippen molar-refractivity contribution >= 4 is 5.97 Å². The molecular weight excluding hydrogens is 350 g/mol. The van der Waals surface area contributed by atoms with Gasteiger partial charge in [-0.2, -0.15) is 4.98 Å². The first kappa shape index (κ1) is 18.6. The van der Waals surface area contributed by atoms with Crippen LogP contribution in [0.15, 0.2) is 46.7 Å². The van der Waals surface area contributed by atoms with Crippen LogP contribution in [0.5, 0.6) is 0 Å². The zero-order valence-corrected chi connectivity index (χ0v) is 15.5. The van der Waals surface area contributed by atoms with Crippen molar-refractivity contribution in [2.45, 2.75) is 26.2 Å². The van der Waals surface area contributed by atoms with E-state index in [0.29, 0.717) is 42.5 Å². The first-order valence-electron chi connectivity index (χ1n) is 8.70. The van der Waals surface area contributed by atoms with E-state index in [1.165, 1.54) is 13.3 Å². The van der Waals surface area contributed by atoms with Gasteiger partial charge in [-0.1, -0.05) is 11.2 Å². The van der Waals surface area contributed by atoms with E-state index in [4.69, 9.17) is 18.7 Å². The van der Waals surface area contributed by atoms with Gasteiger partial charge >= 0.3 is 5.97 Å². The van der Waals surface area contributed by atoms with Gasteiger partial charge in [0.1, 0.15) is 5.76 Å². The summed E-state index contributed by atoms with van der Waals surface area (Å²) in [5.41, 5.74) is 0.894. The first-order valence-corrected chi connectivity index (χ1v) is 8.70. The van der Waals surface area contributed by atoms with E-state index in [1.807, 2.05) is 26.0 Å². The van der Waals surface area contributed by atoms with Crippen LogP contribution in [0.25, 0.3) is 11.4 Å². The highest BCUT2D eigenvalue weighted by molar-refractivity contribution is 5.90. The lowest BCUT2D eigenvalue weighted by Crippen LogP contribution is -2.09. The molecule has 0 saturated carbocycles. The minimum Gasteiger partial charge on any atom is -0.494 e. The Morgan fingerprint density at radius 3 is 2.81 bits per heavy atom. The molecule has 2 aromatic rings. The molecule has 8 heteroatoms. The largest absolute Gasteiger partial charge is 0.494 e. The molecule has 0 aromatic carbocycles. The predicted molar refractivity (Wildman–Crippen MR) is 95.6 cm³/mol. The minimum absolute atomic E-state index is 0.117. The third kappa shape index (κ3) is 4.16. The van der Waals surface area contributed by atoms with Gasteiger partial charge < -0.3 is 18.7 Å². The number of ether oxygens (including phenoxy) is 3. The summed E-state index contributed by atoms with van der Waals surface area (Å²) < 4.78 is 21.4. The molecule has 1 aliphatic rings. The van der Waals surface area contributed by atoms with E-state index in [0.717, 1.165) is 11.5 Å². The number of aromatic nitrogens is 3. The normalized spacial score (nSPS) is 16.3. The van der Waals surface area contributed by atoms with Crippen LogP contribution in [0.3, 0.4) is 0 Å². The third-order valence-electron chi connectivity index (χ3n) is 3.95. The van der Waals surface area contributed by atoms with E-state index >= 15 is 0 Å². The maximum absolute atomic E-state index is 11.7. The number of carbonyl (C=O) groups is 1. The van der Waals surface area contributed by atoms with Crippen molar-refractivity contribution in [2.24, 2.45) is 0 Å². The molecule has 0 aliphatic heterocycles. The standard InChI is InChI=1S/C19H21N3O5/c1-4-25-15-7-6-12(9-16(15)26-5-2)18-21-17(22-27-18)13-8-14(11-20-10-13)19(23)24-3/h6-8,10-12H,4-5,9H2,1-3H3. The van der Waals surface area contributed by atoms with E-state index in [2.05, 4.69) is 15.1 Å². The fourth-order valence-electron chi connectivity index (χ4n) is 2.72. The average molecular weight is 371 g/mol. The molecule has 142 valence electrons.